The minimum atomic E-state index is -0.574. The minimum Gasteiger partial charge on any atom is -0.366 e. The predicted molar refractivity (Wildman–Crippen MR) is 128 cm³/mol. The van der Waals surface area contributed by atoms with Gasteiger partial charge in [0.05, 0.1) is 0 Å². The van der Waals surface area contributed by atoms with Gasteiger partial charge in [0.25, 0.3) is 5.91 Å². The monoisotopic (exact) mass is 458 g/mol. The zero-order chi connectivity index (χ0) is 23.3. The van der Waals surface area contributed by atoms with Crippen LogP contribution in [-0.2, 0) is 29.1 Å². The van der Waals surface area contributed by atoms with E-state index in [0.29, 0.717) is 23.9 Å². The Bertz CT molecular complexity index is 1170. The van der Waals surface area contributed by atoms with E-state index in [1.165, 1.54) is 24.1 Å². The third-order valence-electron chi connectivity index (χ3n) is 8.05. The molecule has 0 bridgehead atoms. The van der Waals surface area contributed by atoms with Gasteiger partial charge in [-0.2, -0.15) is 0 Å². The molecule has 2 aromatic rings. The summed E-state index contributed by atoms with van der Waals surface area (Å²) in [5.74, 6) is -0.740. The van der Waals surface area contributed by atoms with E-state index >= 15 is 0 Å². The van der Waals surface area contributed by atoms with Crippen LogP contribution >= 0.6 is 0 Å². The van der Waals surface area contributed by atoms with Gasteiger partial charge in [-0.1, -0.05) is 30.3 Å². The Morgan fingerprint density at radius 1 is 1.00 bits per heavy atom. The van der Waals surface area contributed by atoms with Gasteiger partial charge in [0, 0.05) is 37.3 Å². The van der Waals surface area contributed by atoms with Gasteiger partial charge in [-0.15, -0.1) is 0 Å². The Morgan fingerprint density at radius 2 is 1.82 bits per heavy atom. The van der Waals surface area contributed by atoms with Gasteiger partial charge >= 0.3 is 0 Å². The lowest BCUT2D eigenvalue weighted by molar-refractivity contribution is -0.136. The zero-order valence-corrected chi connectivity index (χ0v) is 19.3. The fraction of sp³-hybridized carbons (Fsp3) is 0.444. The van der Waals surface area contributed by atoms with Crippen LogP contribution in [0.15, 0.2) is 42.5 Å². The van der Waals surface area contributed by atoms with E-state index in [-0.39, 0.29) is 24.1 Å². The van der Waals surface area contributed by atoms with Crippen molar-refractivity contribution in [2.45, 2.75) is 51.2 Å². The summed E-state index contributed by atoms with van der Waals surface area (Å²) in [6.45, 7) is 4.34. The van der Waals surface area contributed by atoms with Crippen LogP contribution in [0.25, 0.3) is 0 Å². The highest BCUT2D eigenvalue weighted by Gasteiger charge is 2.40. The molecule has 0 aliphatic carbocycles. The molecular formula is C27H30N4O3. The topological polar surface area (TPSA) is 81.8 Å². The van der Waals surface area contributed by atoms with Gasteiger partial charge in [-0.25, -0.2) is 0 Å². The number of amides is 3. The summed E-state index contributed by atoms with van der Waals surface area (Å²) in [7, 11) is 0. The number of nitrogens with zero attached hydrogens (tertiary/aromatic N) is 2. The predicted octanol–water partition coefficient (Wildman–Crippen LogP) is 2.38. The molecule has 7 nitrogen and oxygen atoms in total. The molecule has 4 heterocycles. The lowest BCUT2D eigenvalue weighted by Gasteiger charge is -2.47. The Hall–Kier alpha value is -3.19. The van der Waals surface area contributed by atoms with Crippen molar-refractivity contribution < 1.29 is 14.4 Å². The number of nitrogens with one attached hydrogen (secondary N) is 2. The summed E-state index contributed by atoms with van der Waals surface area (Å²) < 4.78 is 0. The third kappa shape index (κ3) is 3.68. The van der Waals surface area contributed by atoms with Crippen molar-refractivity contribution in [1.82, 2.24) is 15.5 Å². The van der Waals surface area contributed by atoms with E-state index in [2.05, 4.69) is 45.9 Å². The van der Waals surface area contributed by atoms with Crippen LogP contribution in [0.3, 0.4) is 0 Å². The number of fused-ring (bicyclic) bond motifs is 2. The lowest BCUT2D eigenvalue weighted by atomic mass is 9.71. The fourth-order valence-corrected chi connectivity index (χ4v) is 6.27. The van der Waals surface area contributed by atoms with Gasteiger partial charge < -0.3 is 15.1 Å². The molecule has 1 atom stereocenters. The van der Waals surface area contributed by atoms with Crippen molar-refractivity contribution in [3.63, 3.8) is 0 Å². The first kappa shape index (κ1) is 21.4. The summed E-state index contributed by atoms with van der Waals surface area (Å²) in [4.78, 5) is 41.2. The second-order valence-corrected chi connectivity index (χ2v) is 10.3. The number of anilines is 1. The molecule has 0 saturated carbocycles. The van der Waals surface area contributed by atoms with Gasteiger partial charge in [-0.05, 0) is 73.0 Å². The van der Waals surface area contributed by atoms with Crippen molar-refractivity contribution in [3.8, 4) is 0 Å². The van der Waals surface area contributed by atoms with Crippen LogP contribution < -0.4 is 15.5 Å². The Morgan fingerprint density at radius 3 is 2.65 bits per heavy atom. The summed E-state index contributed by atoms with van der Waals surface area (Å²) in [6, 6.07) is 14.3. The van der Waals surface area contributed by atoms with E-state index in [9.17, 15) is 14.4 Å². The van der Waals surface area contributed by atoms with Gasteiger partial charge in [-0.3, -0.25) is 19.7 Å². The highest BCUT2D eigenvalue weighted by Crippen LogP contribution is 2.42. The summed E-state index contributed by atoms with van der Waals surface area (Å²) in [5.41, 5.74) is 5.75. The van der Waals surface area contributed by atoms with Crippen LogP contribution in [0.1, 0.15) is 52.7 Å². The molecule has 2 N–H and O–H groups in total. The summed E-state index contributed by atoms with van der Waals surface area (Å²) >= 11 is 0. The Balaban J connectivity index is 1.25. The number of benzene rings is 2. The molecule has 4 aliphatic heterocycles. The normalized spacial score (nSPS) is 23.6. The molecule has 176 valence electrons. The molecule has 1 unspecified atom stereocenters. The number of rotatable bonds is 3. The molecular weight excluding hydrogens is 428 g/mol. The number of carbonyl (C=O) groups is 3. The number of para-hydroxylation sites is 1. The average Bonchev–Trinajstić information content (AvgIpc) is 3.15. The highest BCUT2D eigenvalue weighted by atomic mass is 16.2. The first-order valence-corrected chi connectivity index (χ1v) is 12.3. The average molecular weight is 459 g/mol. The van der Waals surface area contributed by atoms with Crippen molar-refractivity contribution in [2.75, 3.05) is 24.5 Å². The number of imide groups is 1. The number of carbonyl (C=O) groups excluding carboxylic acids is 3. The first-order valence-electron chi connectivity index (χ1n) is 12.3. The first-order chi connectivity index (χ1) is 16.5. The number of piperidine rings is 2. The van der Waals surface area contributed by atoms with Crippen molar-refractivity contribution in [3.05, 3.63) is 64.7 Å². The standard InChI is InChI=1S/C27H30N4O3/c32-24-8-7-23(25(33)29-24)31-16-20-6-5-18(13-21(20)26(31)34)15-30-17-27(9-11-28-12-10-27)14-19-3-1-2-4-22(19)30/h1-6,13,23,28H,7-12,14-17H2,(H,29,32,33). The largest absolute Gasteiger partial charge is 0.366 e. The molecule has 3 amide bonds. The maximum Gasteiger partial charge on any atom is 0.255 e. The maximum atomic E-state index is 13.2. The van der Waals surface area contributed by atoms with Crippen LogP contribution in [0.2, 0.25) is 0 Å². The van der Waals surface area contributed by atoms with E-state index in [0.717, 1.165) is 43.7 Å². The van der Waals surface area contributed by atoms with Crippen molar-refractivity contribution >= 4 is 23.4 Å². The fourth-order valence-electron chi connectivity index (χ4n) is 6.27. The molecule has 0 radical (unpaired) electrons. The molecule has 2 aromatic carbocycles. The molecule has 2 fully saturated rings. The van der Waals surface area contributed by atoms with Crippen LogP contribution in [0.5, 0.6) is 0 Å². The Kier molecular flexibility index (Phi) is 5.17. The van der Waals surface area contributed by atoms with Gasteiger partial charge in [0.2, 0.25) is 11.8 Å². The van der Waals surface area contributed by atoms with E-state index in [1.54, 1.807) is 4.90 Å². The van der Waals surface area contributed by atoms with Crippen LogP contribution in [0, 0.1) is 5.41 Å². The van der Waals surface area contributed by atoms with Gasteiger partial charge in [0.1, 0.15) is 6.04 Å². The van der Waals surface area contributed by atoms with E-state index < -0.39 is 6.04 Å². The third-order valence-corrected chi connectivity index (χ3v) is 8.05. The van der Waals surface area contributed by atoms with Gasteiger partial charge in [0.15, 0.2) is 0 Å². The lowest BCUT2D eigenvalue weighted by Crippen LogP contribution is -2.52. The summed E-state index contributed by atoms with van der Waals surface area (Å²) in [6.07, 6.45) is 4.15. The maximum absolute atomic E-state index is 13.2. The molecule has 4 aliphatic rings. The Labute approximate surface area is 199 Å². The zero-order valence-electron chi connectivity index (χ0n) is 19.3. The molecule has 7 heteroatoms. The molecule has 0 aromatic heterocycles. The molecule has 34 heavy (non-hydrogen) atoms. The minimum absolute atomic E-state index is 0.111. The molecule has 6 rings (SSSR count). The van der Waals surface area contributed by atoms with Crippen molar-refractivity contribution in [2.24, 2.45) is 5.41 Å². The van der Waals surface area contributed by atoms with Crippen molar-refractivity contribution in [1.29, 1.82) is 0 Å². The quantitative estimate of drug-likeness (QED) is 0.691. The summed E-state index contributed by atoms with van der Waals surface area (Å²) in [5, 5.41) is 5.88. The number of hydrogen-bond acceptors (Lipinski definition) is 5. The number of hydrogen-bond donors (Lipinski definition) is 2. The SMILES string of the molecule is O=C1CCC(N2Cc3ccc(CN4CC5(CCNCC5)Cc5ccccc54)cc3C2=O)C(=O)N1. The second-order valence-electron chi connectivity index (χ2n) is 10.3. The highest BCUT2D eigenvalue weighted by molar-refractivity contribution is 6.05. The molecule has 2 saturated heterocycles. The second kappa shape index (κ2) is 8.24. The van der Waals surface area contributed by atoms with E-state index in [4.69, 9.17) is 0 Å². The smallest absolute Gasteiger partial charge is 0.255 e. The van der Waals surface area contributed by atoms with Crippen LogP contribution in [-0.4, -0.2) is 48.3 Å². The molecule has 1 spiro atoms. The van der Waals surface area contributed by atoms with E-state index in [1.807, 2.05) is 12.1 Å². The van der Waals surface area contributed by atoms with Crippen LogP contribution in [0.4, 0.5) is 5.69 Å².